The first-order valence-electron chi connectivity index (χ1n) is 7.92. The highest BCUT2D eigenvalue weighted by atomic mass is 16.6. The third kappa shape index (κ3) is 5.21. The van der Waals surface area contributed by atoms with Gasteiger partial charge in [-0.05, 0) is 25.7 Å². The van der Waals surface area contributed by atoms with E-state index < -0.39 is 0 Å². The maximum absolute atomic E-state index is 12.4. The number of nitrogens with zero attached hydrogens (tertiary/aromatic N) is 3. The number of likely N-dealkylation sites (tertiary alicyclic amines) is 1. The summed E-state index contributed by atoms with van der Waals surface area (Å²) in [5.41, 5.74) is 0. The summed E-state index contributed by atoms with van der Waals surface area (Å²) >= 11 is 0. The van der Waals surface area contributed by atoms with Crippen LogP contribution in [0, 0.1) is 23.2 Å². The van der Waals surface area contributed by atoms with Gasteiger partial charge in [0.15, 0.2) is 0 Å². The van der Waals surface area contributed by atoms with Gasteiger partial charge in [0.1, 0.15) is 0 Å². The van der Waals surface area contributed by atoms with Crippen molar-refractivity contribution in [1.82, 2.24) is 9.80 Å². The van der Waals surface area contributed by atoms with E-state index in [-0.39, 0.29) is 24.0 Å². The smallest absolute Gasteiger partial charge is 0.409 e. The number of carbonyl (C=O) groups excluding carboxylic acids is 2. The third-order valence-electron chi connectivity index (χ3n) is 4.04. The molecule has 1 heterocycles. The third-order valence-corrected chi connectivity index (χ3v) is 4.04. The van der Waals surface area contributed by atoms with E-state index >= 15 is 0 Å². The van der Waals surface area contributed by atoms with E-state index in [0.717, 1.165) is 0 Å². The molecule has 124 valence electrons. The molecule has 2 amide bonds. The number of carbonyl (C=O) groups is 2. The first kappa shape index (κ1) is 18.3. The van der Waals surface area contributed by atoms with Crippen molar-refractivity contribution in [1.29, 1.82) is 5.26 Å². The highest BCUT2D eigenvalue weighted by Crippen LogP contribution is 2.21. The van der Waals surface area contributed by atoms with Crippen molar-refractivity contribution >= 4 is 12.0 Å². The molecule has 0 saturated carbocycles. The minimum absolute atomic E-state index is 0.0675. The minimum Gasteiger partial charge on any atom is -0.449 e. The molecule has 1 saturated heterocycles. The Hall–Kier alpha value is -1.77. The fourth-order valence-electron chi connectivity index (χ4n) is 2.41. The van der Waals surface area contributed by atoms with Crippen LogP contribution in [0.4, 0.5) is 4.79 Å². The maximum Gasteiger partial charge on any atom is 0.409 e. The summed E-state index contributed by atoms with van der Waals surface area (Å²) in [5.74, 6) is 0.316. The van der Waals surface area contributed by atoms with Gasteiger partial charge in [0.25, 0.3) is 0 Å². The number of ether oxygens (including phenoxy) is 1. The number of hydrogen-bond acceptors (Lipinski definition) is 4. The van der Waals surface area contributed by atoms with Crippen molar-refractivity contribution in [2.24, 2.45) is 11.8 Å². The van der Waals surface area contributed by atoms with Crippen LogP contribution in [0.25, 0.3) is 0 Å². The summed E-state index contributed by atoms with van der Waals surface area (Å²) in [4.78, 5) is 27.6. The Morgan fingerprint density at radius 3 is 2.41 bits per heavy atom. The van der Waals surface area contributed by atoms with E-state index in [4.69, 9.17) is 10.00 Å². The van der Waals surface area contributed by atoms with Crippen molar-refractivity contribution in [3.05, 3.63) is 0 Å². The van der Waals surface area contributed by atoms with Crippen LogP contribution < -0.4 is 0 Å². The number of rotatable bonds is 5. The number of hydrogen-bond donors (Lipinski definition) is 0. The summed E-state index contributed by atoms with van der Waals surface area (Å²) in [6, 6.07) is 2.01. The van der Waals surface area contributed by atoms with Crippen LogP contribution in [0.15, 0.2) is 0 Å². The highest BCUT2D eigenvalue weighted by molar-refractivity contribution is 5.79. The summed E-state index contributed by atoms with van der Waals surface area (Å²) in [5, 5.41) is 8.72. The van der Waals surface area contributed by atoms with Crippen LogP contribution in [-0.4, -0.2) is 54.6 Å². The van der Waals surface area contributed by atoms with Gasteiger partial charge in [-0.3, -0.25) is 4.79 Å². The molecule has 22 heavy (non-hydrogen) atoms. The van der Waals surface area contributed by atoms with Gasteiger partial charge < -0.3 is 14.5 Å². The van der Waals surface area contributed by atoms with Crippen LogP contribution in [-0.2, 0) is 9.53 Å². The molecule has 0 radical (unpaired) electrons. The second-order valence-electron chi connectivity index (χ2n) is 6.39. The van der Waals surface area contributed by atoms with Gasteiger partial charge in [-0.1, -0.05) is 13.8 Å². The topological polar surface area (TPSA) is 73.6 Å². The number of nitriles is 1. The molecular weight excluding hydrogens is 282 g/mol. The molecule has 0 bridgehead atoms. The predicted octanol–water partition coefficient (Wildman–Crippen LogP) is 2.25. The average molecular weight is 309 g/mol. The molecular formula is C16H27N3O3. The van der Waals surface area contributed by atoms with Gasteiger partial charge in [-0.25, -0.2) is 4.79 Å². The summed E-state index contributed by atoms with van der Waals surface area (Å²) < 4.78 is 5.21. The molecule has 6 nitrogen and oxygen atoms in total. The lowest BCUT2D eigenvalue weighted by atomic mass is 9.95. The SMILES string of the molecule is CC(C)COC(=O)N1CCC(C(=O)N(C)[C@H](C)CC#N)CC1. The monoisotopic (exact) mass is 309 g/mol. The van der Waals surface area contributed by atoms with Crippen LogP contribution >= 0.6 is 0 Å². The Morgan fingerprint density at radius 2 is 1.91 bits per heavy atom. The Morgan fingerprint density at radius 1 is 1.32 bits per heavy atom. The zero-order valence-electron chi connectivity index (χ0n) is 14.0. The highest BCUT2D eigenvalue weighted by Gasteiger charge is 2.30. The van der Waals surface area contributed by atoms with Gasteiger partial charge in [0.2, 0.25) is 5.91 Å². The molecule has 1 aliphatic heterocycles. The molecule has 0 aromatic rings. The zero-order chi connectivity index (χ0) is 16.7. The first-order chi connectivity index (χ1) is 10.4. The normalized spacial score (nSPS) is 17.0. The maximum atomic E-state index is 12.4. The molecule has 0 unspecified atom stereocenters. The fraction of sp³-hybridized carbons (Fsp3) is 0.812. The standard InChI is InChI=1S/C16H27N3O3/c1-12(2)11-22-16(21)19-9-6-14(7-10-19)15(20)18(4)13(3)5-8-17/h12-14H,5-7,9-11H2,1-4H3/t13-/m1/s1. The molecule has 1 rings (SSSR count). The Labute approximate surface area is 133 Å². The van der Waals surface area contributed by atoms with Crippen LogP contribution in [0.3, 0.4) is 0 Å². The van der Waals surface area contributed by atoms with Crippen molar-refractivity contribution in [3.63, 3.8) is 0 Å². The van der Waals surface area contributed by atoms with Crippen molar-refractivity contribution in [2.45, 2.75) is 46.1 Å². The molecule has 1 aliphatic rings. The summed E-state index contributed by atoms with van der Waals surface area (Å²) in [6.07, 6.45) is 1.35. The molecule has 0 aromatic heterocycles. The van der Waals surface area contributed by atoms with E-state index in [0.29, 0.717) is 44.9 Å². The fourth-order valence-corrected chi connectivity index (χ4v) is 2.41. The van der Waals surface area contributed by atoms with E-state index in [2.05, 4.69) is 6.07 Å². The summed E-state index contributed by atoms with van der Waals surface area (Å²) in [6.45, 7) is 7.39. The van der Waals surface area contributed by atoms with Gasteiger partial charge in [-0.2, -0.15) is 5.26 Å². The first-order valence-corrected chi connectivity index (χ1v) is 7.92. The molecule has 6 heteroatoms. The van der Waals surface area contributed by atoms with Crippen LogP contribution in [0.2, 0.25) is 0 Å². The lowest BCUT2D eigenvalue weighted by Crippen LogP contribution is -2.45. The average Bonchev–Trinajstić information content (AvgIpc) is 2.51. The van der Waals surface area contributed by atoms with Gasteiger partial charge in [-0.15, -0.1) is 0 Å². The van der Waals surface area contributed by atoms with E-state index in [9.17, 15) is 9.59 Å². The molecule has 0 N–H and O–H groups in total. The Kier molecular flexibility index (Phi) is 7.16. The molecule has 0 aromatic carbocycles. The van der Waals surface area contributed by atoms with Crippen molar-refractivity contribution in [2.75, 3.05) is 26.7 Å². The molecule has 1 atom stereocenters. The Balaban J connectivity index is 2.43. The largest absolute Gasteiger partial charge is 0.449 e. The lowest BCUT2D eigenvalue weighted by molar-refractivity contribution is -0.137. The quantitative estimate of drug-likeness (QED) is 0.780. The zero-order valence-corrected chi connectivity index (χ0v) is 14.0. The van der Waals surface area contributed by atoms with Gasteiger partial charge >= 0.3 is 6.09 Å². The van der Waals surface area contributed by atoms with E-state index in [1.807, 2.05) is 20.8 Å². The Bertz CT molecular complexity index is 423. The van der Waals surface area contributed by atoms with E-state index in [1.165, 1.54) is 0 Å². The number of piperidine rings is 1. The predicted molar refractivity (Wildman–Crippen MR) is 82.9 cm³/mol. The van der Waals surface area contributed by atoms with Crippen molar-refractivity contribution in [3.8, 4) is 6.07 Å². The molecule has 0 aliphatic carbocycles. The van der Waals surface area contributed by atoms with Gasteiger partial charge in [0.05, 0.1) is 19.1 Å². The summed E-state index contributed by atoms with van der Waals surface area (Å²) in [7, 11) is 1.74. The molecule has 1 fully saturated rings. The van der Waals surface area contributed by atoms with Crippen LogP contribution in [0.5, 0.6) is 0 Å². The lowest BCUT2D eigenvalue weighted by Gasteiger charge is -2.34. The van der Waals surface area contributed by atoms with Crippen LogP contribution in [0.1, 0.15) is 40.0 Å². The van der Waals surface area contributed by atoms with Crippen molar-refractivity contribution < 1.29 is 14.3 Å². The number of amides is 2. The second kappa shape index (κ2) is 8.62. The van der Waals surface area contributed by atoms with Gasteiger partial charge in [0, 0.05) is 32.1 Å². The van der Waals surface area contributed by atoms with E-state index in [1.54, 1.807) is 16.8 Å². The second-order valence-corrected chi connectivity index (χ2v) is 6.39. The molecule has 0 spiro atoms. The minimum atomic E-state index is -0.286.